The van der Waals surface area contributed by atoms with E-state index < -0.39 is 6.16 Å². The van der Waals surface area contributed by atoms with Crippen molar-refractivity contribution >= 4 is 6.16 Å². The van der Waals surface area contributed by atoms with Gasteiger partial charge in [0, 0.05) is 6.42 Å². The maximum absolute atomic E-state index is 12.3. The second kappa shape index (κ2) is 11.2. The number of rotatable bonds is 9. The van der Waals surface area contributed by atoms with Gasteiger partial charge in [-0.25, -0.2) is 4.79 Å². The molecule has 3 fully saturated rings. The van der Waals surface area contributed by atoms with E-state index in [9.17, 15) is 4.79 Å². The van der Waals surface area contributed by atoms with E-state index in [0.717, 1.165) is 65.8 Å². The number of quaternary nitrogens is 1. The van der Waals surface area contributed by atoms with E-state index in [2.05, 4.69) is 61.8 Å². The molecule has 0 aromatic rings. The minimum Gasteiger partial charge on any atom is -0.431 e. The first kappa shape index (κ1) is 29.0. The van der Waals surface area contributed by atoms with Crippen molar-refractivity contribution in [1.29, 1.82) is 0 Å². The highest BCUT2D eigenvalue weighted by Crippen LogP contribution is 2.67. The summed E-state index contributed by atoms with van der Waals surface area (Å²) in [7, 11) is 6.31. The van der Waals surface area contributed by atoms with E-state index in [4.69, 9.17) is 9.47 Å². The van der Waals surface area contributed by atoms with Crippen LogP contribution in [0.15, 0.2) is 11.6 Å². The van der Waals surface area contributed by atoms with E-state index in [1.807, 2.05) is 0 Å². The zero-order valence-electron chi connectivity index (χ0n) is 25.5. The van der Waals surface area contributed by atoms with Gasteiger partial charge in [0.15, 0.2) is 0 Å². The van der Waals surface area contributed by atoms with Gasteiger partial charge in [-0.05, 0) is 91.3 Å². The van der Waals surface area contributed by atoms with Crippen LogP contribution in [0.5, 0.6) is 0 Å². The summed E-state index contributed by atoms with van der Waals surface area (Å²) in [6.07, 6.45) is 16.2. The van der Waals surface area contributed by atoms with Crippen molar-refractivity contribution in [3.05, 3.63) is 11.6 Å². The van der Waals surface area contributed by atoms with Gasteiger partial charge >= 0.3 is 6.16 Å². The summed E-state index contributed by atoms with van der Waals surface area (Å²) in [6.45, 7) is 13.7. The molecule has 37 heavy (non-hydrogen) atoms. The van der Waals surface area contributed by atoms with Crippen LogP contribution in [0.1, 0.15) is 105 Å². The minimum atomic E-state index is -0.482. The molecular formula is C33H58NO3+. The van der Waals surface area contributed by atoms with E-state index in [0.29, 0.717) is 17.4 Å². The fraction of sp³-hybridized carbons (Fsp3) is 0.909. The number of fused-ring (bicyclic) bond motifs is 5. The van der Waals surface area contributed by atoms with Crippen LogP contribution in [-0.2, 0) is 9.47 Å². The van der Waals surface area contributed by atoms with Crippen molar-refractivity contribution in [2.75, 3.05) is 34.3 Å². The molecule has 4 rings (SSSR count). The summed E-state index contributed by atoms with van der Waals surface area (Å²) in [5, 5.41) is 0. The van der Waals surface area contributed by atoms with E-state index in [1.54, 1.807) is 5.57 Å². The molecule has 4 heteroatoms. The van der Waals surface area contributed by atoms with Gasteiger partial charge < -0.3 is 14.0 Å². The highest BCUT2D eigenvalue weighted by molar-refractivity contribution is 5.60. The minimum absolute atomic E-state index is 0.0242. The van der Waals surface area contributed by atoms with Gasteiger partial charge in [-0.2, -0.15) is 0 Å². The van der Waals surface area contributed by atoms with Crippen molar-refractivity contribution in [1.82, 2.24) is 0 Å². The largest absolute Gasteiger partial charge is 0.508 e. The lowest BCUT2D eigenvalue weighted by atomic mass is 9.47. The van der Waals surface area contributed by atoms with Crippen molar-refractivity contribution in [2.45, 2.75) is 111 Å². The highest BCUT2D eigenvalue weighted by atomic mass is 16.7. The molecule has 0 N–H and O–H groups in total. The summed E-state index contributed by atoms with van der Waals surface area (Å²) >= 11 is 0. The summed E-state index contributed by atoms with van der Waals surface area (Å²) < 4.78 is 12.0. The number of likely N-dealkylation sites (N-methyl/N-ethyl adjacent to an activating group) is 1. The molecule has 3 saturated carbocycles. The molecule has 0 aromatic carbocycles. The Morgan fingerprint density at radius 3 is 2.49 bits per heavy atom. The van der Waals surface area contributed by atoms with Crippen molar-refractivity contribution in [2.24, 2.45) is 46.3 Å². The molecule has 0 spiro atoms. The Bertz CT molecular complexity index is 828. The fourth-order valence-electron chi connectivity index (χ4n) is 9.33. The first-order chi connectivity index (χ1) is 17.3. The monoisotopic (exact) mass is 516 g/mol. The topological polar surface area (TPSA) is 35.5 Å². The first-order valence-electron chi connectivity index (χ1n) is 15.7. The number of nitrogens with zero attached hydrogens (tertiary/aromatic N) is 1. The standard InChI is InChI=1S/C33H58NO3/c1-23(2)10-9-11-24(3)28-14-15-29-27-13-12-25-22-26(37-31(35)36-21-20-34(6,7)8)16-18-32(25,4)30(27)17-19-33(28,29)5/h12,23-24,26-30H,9-11,13-22H2,1-8H3/q+1/t24?,26-,27?,28+,29-,30-,32?,33?/m0/s1. The lowest BCUT2D eigenvalue weighted by molar-refractivity contribution is -0.870. The van der Waals surface area contributed by atoms with Crippen LogP contribution in [0.25, 0.3) is 0 Å². The molecule has 4 unspecified atom stereocenters. The average Bonchev–Trinajstić information content (AvgIpc) is 3.15. The summed E-state index contributed by atoms with van der Waals surface area (Å²) in [5.74, 6) is 5.15. The SMILES string of the molecule is CC(C)CCCC(C)[C@H]1CC[C@H]2C3CC=C4C[C@@H](OC(=O)OCC[N+](C)(C)C)CCC4(C)[C@H]3CCC12C. The predicted octanol–water partition coefficient (Wildman–Crippen LogP) is 8.26. The molecule has 4 aliphatic carbocycles. The zero-order chi connectivity index (χ0) is 27.0. The van der Waals surface area contributed by atoms with Crippen LogP contribution < -0.4 is 0 Å². The number of carbonyl (C=O) groups excluding carboxylic acids is 1. The normalized spacial score (nSPS) is 38.3. The third kappa shape index (κ3) is 6.25. The van der Waals surface area contributed by atoms with Crippen LogP contribution in [0, 0.1) is 46.3 Å². The third-order valence-electron chi connectivity index (χ3n) is 11.5. The predicted molar refractivity (Wildman–Crippen MR) is 152 cm³/mol. The molecule has 0 heterocycles. The Balaban J connectivity index is 1.36. The molecule has 4 nitrogen and oxygen atoms in total. The Kier molecular flexibility index (Phi) is 8.78. The summed E-state index contributed by atoms with van der Waals surface area (Å²) in [6, 6.07) is 0. The van der Waals surface area contributed by atoms with Gasteiger partial charge in [-0.15, -0.1) is 0 Å². The second-order valence-corrected chi connectivity index (χ2v) is 15.4. The molecule has 0 aliphatic heterocycles. The lowest BCUT2D eigenvalue weighted by Crippen LogP contribution is -2.51. The van der Waals surface area contributed by atoms with E-state index >= 15 is 0 Å². The molecule has 4 aliphatic rings. The molecule has 0 aromatic heterocycles. The van der Waals surface area contributed by atoms with Gasteiger partial charge in [0.1, 0.15) is 19.3 Å². The maximum atomic E-state index is 12.3. The molecule has 8 atom stereocenters. The quantitative estimate of drug-likeness (QED) is 0.176. The molecule has 0 radical (unpaired) electrons. The van der Waals surface area contributed by atoms with E-state index in [1.165, 1.54) is 51.4 Å². The molecular weight excluding hydrogens is 458 g/mol. The van der Waals surface area contributed by atoms with Crippen LogP contribution in [0.3, 0.4) is 0 Å². The van der Waals surface area contributed by atoms with Crippen LogP contribution >= 0.6 is 0 Å². The fourth-order valence-corrected chi connectivity index (χ4v) is 9.33. The smallest absolute Gasteiger partial charge is 0.431 e. The summed E-state index contributed by atoms with van der Waals surface area (Å²) in [5.41, 5.74) is 2.40. The Labute approximate surface area is 228 Å². The molecule has 0 saturated heterocycles. The van der Waals surface area contributed by atoms with Gasteiger partial charge in [0.25, 0.3) is 0 Å². The number of hydrogen-bond acceptors (Lipinski definition) is 3. The second-order valence-electron chi connectivity index (χ2n) is 15.4. The lowest BCUT2D eigenvalue weighted by Gasteiger charge is -2.58. The van der Waals surface area contributed by atoms with Gasteiger partial charge in [0.2, 0.25) is 0 Å². The number of carbonyl (C=O) groups is 1. The van der Waals surface area contributed by atoms with Crippen LogP contribution in [0.2, 0.25) is 0 Å². The molecule has 0 amide bonds. The zero-order valence-corrected chi connectivity index (χ0v) is 25.5. The Morgan fingerprint density at radius 1 is 1.03 bits per heavy atom. The highest BCUT2D eigenvalue weighted by Gasteiger charge is 2.59. The van der Waals surface area contributed by atoms with Crippen molar-refractivity contribution < 1.29 is 18.8 Å². The van der Waals surface area contributed by atoms with Crippen LogP contribution in [-0.4, -0.2) is 51.0 Å². The number of ether oxygens (including phenoxy) is 2. The van der Waals surface area contributed by atoms with E-state index in [-0.39, 0.29) is 6.10 Å². The Morgan fingerprint density at radius 2 is 1.78 bits per heavy atom. The third-order valence-corrected chi connectivity index (χ3v) is 11.5. The van der Waals surface area contributed by atoms with Gasteiger partial charge in [-0.3, -0.25) is 0 Å². The first-order valence-corrected chi connectivity index (χ1v) is 15.7. The molecule has 0 bridgehead atoms. The molecule has 212 valence electrons. The Hall–Kier alpha value is -1.03. The summed E-state index contributed by atoms with van der Waals surface area (Å²) in [4.78, 5) is 12.3. The van der Waals surface area contributed by atoms with Crippen LogP contribution in [0.4, 0.5) is 4.79 Å². The van der Waals surface area contributed by atoms with Gasteiger partial charge in [0.05, 0.1) is 21.1 Å². The van der Waals surface area contributed by atoms with Crippen molar-refractivity contribution in [3.63, 3.8) is 0 Å². The maximum Gasteiger partial charge on any atom is 0.508 e. The van der Waals surface area contributed by atoms with Gasteiger partial charge in [-0.1, -0.05) is 65.5 Å². The van der Waals surface area contributed by atoms with Crippen molar-refractivity contribution in [3.8, 4) is 0 Å². The number of allylic oxidation sites excluding steroid dienone is 1. The average molecular weight is 517 g/mol. The number of hydrogen-bond donors (Lipinski definition) is 0.